The van der Waals surface area contributed by atoms with Crippen LogP contribution < -0.4 is 0 Å². The third-order valence-electron chi connectivity index (χ3n) is 2.75. The first-order valence-electron chi connectivity index (χ1n) is 5.86. The first kappa shape index (κ1) is 12.0. The van der Waals surface area contributed by atoms with Crippen LogP contribution >= 0.6 is 15.9 Å². The smallest absolute Gasteiger partial charge is 0.133 e. The van der Waals surface area contributed by atoms with Crippen LogP contribution in [0.25, 0.3) is 11.0 Å². The van der Waals surface area contributed by atoms with E-state index in [9.17, 15) is 0 Å². The fourth-order valence-corrected chi connectivity index (χ4v) is 2.06. The largest absolute Gasteiger partial charge is 0.269 e. The maximum absolute atomic E-state index is 4.38. The summed E-state index contributed by atoms with van der Waals surface area (Å²) in [5.41, 5.74) is 2.95. The maximum atomic E-state index is 4.38. The van der Waals surface area contributed by atoms with Crippen LogP contribution in [0, 0.1) is 0 Å². The fourth-order valence-electron chi connectivity index (χ4n) is 1.79. The molecule has 0 saturated carbocycles. The van der Waals surface area contributed by atoms with E-state index in [4.69, 9.17) is 0 Å². The van der Waals surface area contributed by atoms with E-state index in [2.05, 4.69) is 31.2 Å². The Morgan fingerprint density at radius 1 is 1.11 bits per heavy atom. The predicted molar refractivity (Wildman–Crippen MR) is 79.3 cm³/mol. The van der Waals surface area contributed by atoms with Crippen molar-refractivity contribution in [2.45, 2.75) is 6.67 Å². The molecule has 19 heavy (non-hydrogen) atoms. The number of fused-ring (bicyclic) bond motifs is 1. The predicted octanol–water partition coefficient (Wildman–Crippen LogP) is 3.27. The quantitative estimate of drug-likeness (QED) is 0.696. The molecule has 0 N–H and O–H groups in total. The van der Waals surface area contributed by atoms with Crippen molar-refractivity contribution in [3.8, 4) is 0 Å². The van der Waals surface area contributed by atoms with Gasteiger partial charge in [0.1, 0.15) is 12.2 Å². The normalized spacial score (nSPS) is 11.4. The molecule has 0 unspecified atom stereocenters. The van der Waals surface area contributed by atoms with Crippen molar-refractivity contribution < 1.29 is 0 Å². The summed E-state index contributed by atoms with van der Waals surface area (Å²) in [5.74, 6) is 0. The lowest BCUT2D eigenvalue weighted by molar-refractivity contribution is 0.631. The van der Waals surface area contributed by atoms with Gasteiger partial charge in [0.25, 0.3) is 0 Å². The van der Waals surface area contributed by atoms with Crippen LogP contribution in [0.1, 0.15) is 5.56 Å². The number of para-hydroxylation sites is 1. The SMILES string of the molecule is Brc1ccc(/C=N/Cn2nnc3ccccc32)cc1. The molecule has 5 heteroatoms. The average molecular weight is 315 g/mol. The lowest BCUT2D eigenvalue weighted by Gasteiger charge is -1.97. The van der Waals surface area contributed by atoms with Gasteiger partial charge in [-0.1, -0.05) is 45.4 Å². The molecule has 0 aliphatic heterocycles. The first-order valence-corrected chi connectivity index (χ1v) is 6.66. The number of rotatable bonds is 3. The molecule has 0 atom stereocenters. The summed E-state index contributed by atoms with van der Waals surface area (Å²) in [6.07, 6.45) is 1.84. The Labute approximate surface area is 118 Å². The standard InChI is InChI=1S/C14H11BrN4/c15-12-7-5-11(6-8-12)9-16-10-19-14-4-2-1-3-13(14)17-18-19/h1-9H,10H2/b16-9+. The molecule has 1 aromatic heterocycles. The molecule has 94 valence electrons. The molecular formula is C14H11BrN4. The van der Waals surface area contributed by atoms with Crippen molar-refractivity contribution in [3.05, 3.63) is 58.6 Å². The topological polar surface area (TPSA) is 43.1 Å². The number of benzene rings is 2. The molecule has 0 spiro atoms. The second kappa shape index (κ2) is 5.32. The maximum Gasteiger partial charge on any atom is 0.133 e. The number of nitrogens with zero attached hydrogens (tertiary/aromatic N) is 4. The first-order chi connectivity index (χ1) is 9.33. The van der Waals surface area contributed by atoms with Gasteiger partial charge in [-0.3, -0.25) is 4.99 Å². The van der Waals surface area contributed by atoms with Crippen LogP contribution in [0.15, 0.2) is 58.0 Å². The molecule has 0 amide bonds. The molecular weight excluding hydrogens is 304 g/mol. The van der Waals surface area contributed by atoms with E-state index < -0.39 is 0 Å². The second-order valence-corrected chi connectivity index (χ2v) is 5.00. The molecule has 0 fully saturated rings. The van der Waals surface area contributed by atoms with Gasteiger partial charge in [-0.15, -0.1) is 5.10 Å². The highest BCUT2D eigenvalue weighted by Gasteiger charge is 2.00. The minimum absolute atomic E-state index is 0.469. The number of aliphatic imine (C=N–C) groups is 1. The minimum atomic E-state index is 0.469. The summed E-state index contributed by atoms with van der Waals surface area (Å²) in [6, 6.07) is 15.9. The summed E-state index contributed by atoms with van der Waals surface area (Å²) < 4.78 is 2.84. The van der Waals surface area contributed by atoms with Gasteiger partial charge in [-0.25, -0.2) is 4.68 Å². The zero-order chi connectivity index (χ0) is 13.1. The van der Waals surface area contributed by atoms with Gasteiger partial charge in [0.2, 0.25) is 0 Å². The molecule has 4 nitrogen and oxygen atoms in total. The number of halogens is 1. The lowest BCUT2D eigenvalue weighted by Crippen LogP contribution is -1.98. The van der Waals surface area contributed by atoms with E-state index in [1.54, 1.807) is 4.68 Å². The van der Waals surface area contributed by atoms with E-state index in [1.165, 1.54) is 0 Å². The summed E-state index contributed by atoms with van der Waals surface area (Å²) in [4.78, 5) is 4.38. The molecule has 0 radical (unpaired) electrons. The summed E-state index contributed by atoms with van der Waals surface area (Å²) >= 11 is 3.41. The van der Waals surface area contributed by atoms with Crippen molar-refractivity contribution >= 4 is 33.2 Å². The van der Waals surface area contributed by atoms with Gasteiger partial charge in [-0.05, 0) is 29.8 Å². The van der Waals surface area contributed by atoms with Gasteiger partial charge in [0, 0.05) is 10.7 Å². The molecule has 0 saturated heterocycles. The number of hydrogen-bond donors (Lipinski definition) is 0. The van der Waals surface area contributed by atoms with Gasteiger partial charge >= 0.3 is 0 Å². The molecule has 0 bridgehead atoms. The summed E-state index contributed by atoms with van der Waals surface area (Å²) in [5, 5.41) is 8.17. The van der Waals surface area contributed by atoms with Crippen molar-refractivity contribution in [2.75, 3.05) is 0 Å². The summed E-state index contributed by atoms with van der Waals surface area (Å²) in [7, 11) is 0. The molecule has 3 rings (SSSR count). The van der Waals surface area contributed by atoms with Gasteiger partial charge in [0.15, 0.2) is 0 Å². The van der Waals surface area contributed by atoms with E-state index in [-0.39, 0.29) is 0 Å². The van der Waals surface area contributed by atoms with E-state index in [1.807, 2.05) is 54.7 Å². The minimum Gasteiger partial charge on any atom is -0.269 e. The van der Waals surface area contributed by atoms with Gasteiger partial charge in [-0.2, -0.15) is 0 Å². The zero-order valence-electron chi connectivity index (χ0n) is 10.1. The lowest BCUT2D eigenvalue weighted by atomic mass is 10.2. The molecule has 1 heterocycles. The van der Waals surface area contributed by atoms with Crippen molar-refractivity contribution in [1.82, 2.24) is 15.0 Å². The van der Waals surface area contributed by atoms with E-state index >= 15 is 0 Å². The van der Waals surface area contributed by atoms with Gasteiger partial charge in [0.05, 0.1) is 5.52 Å². The Morgan fingerprint density at radius 2 is 1.89 bits per heavy atom. The van der Waals surface area contributed by atoms with E-state index in [0.29, 0.717) is 6.67 Å². The highest BCUT2D eigenvalue weighted by atomic mass is 79.9. The van der Waals surface area contributed by atoms with Crippen molar-refractivity contribution in [3.63, 3.8) is 0 Å². The van der Waals surface area contributed by atoms with Crippen molar-refractivity contribution in [1.29, 1.82) is 0 Å². The third kappa shape index (κ3) is 2.71. The Kier molecular flexibility index (Phi) is 3.37. The van der Waals surface area contributed by atoms with Crippen LogP contribution in [0.2, 0.25) is 0 Å². The van der Waals surface area contributed by atoms with Crippen molar-refractivity contribution in [2.24, 2.45) is 4.99 Å². The third-order valence-corrected chi connectivity index (χ3v) is 3.27. The van der Waals surface area contributed by atoms with Crippen LogP contribution in [0.3, 0.4) is 0 Å². The molecule has 2 aromatic carbocycles. The monoisotopic (exact) mass is 314 g/mol. The molecule has 0 aliphatic rings. The Morgan fingerprint density at radius 3 is 2.74 bits per heavy atom. The van der Waals surface area contributed by atoms with Crippen LogP contribution in [0.5, 0.6) is 0 Å². The van der Waals surface area contributed by atoms with E-state index in [0.717, 1.165) is 21.1 Å². The van der Waals surface area contributed by atoms with Crippen LogP contribution in [-0.4, -0.2) is 21.2 Å². The summed E-state index contributed by atoms with van der Waals surface area (Å²) in [6.45, 7) is 0.469. The fraction of sp³-hybridized carbons (Fsp3) is 0.0714. The number of hydrogen-bond acceptors (Lipinski definition) is 3. The Bertz CT molecular complexity index is 716. The second-order valence-electron chi connectivity index (χ2n) is 4.08. The number of aromatic nitrogens is 3. The Hall–Kier alpha value is -2.01. The van der Waals surface area contributed by atoms with Crippen LogP contribution in [-0.2, 0) is 6.67 Å². The average Bonchev–Trinajstić information content (AvgIpc) is 2.85. The highest BCUT2D eigenvalue weighted by Crippen LogP contribution is 2.10. The Balaban J connectivity index is 1.77. The molecule has 3 aromatic rings. The highest BCUT2D eigenvalue weighted by molar-refractivity contribution is 9.10. The van der Waals surface area contributed by atoms with Gasteiger partial charge < -0.3 is 0 Å². The molecule has 0 aliphatic carbocycles. The van der Waals surface area contributed by atoms with Crippen LogP contribution in [0.4, 0.5) is 0 Å². The zero-order valence-corrected chi connectivity index (χ0v) is 11.7.